The maximum Gasteiger partial charge on any atom is 0.238 e. The number of amides is 1. The van der Waals surface area contributed by atoms with Crippen LogP contribution in [-0.2, 0) is 4.79 Å². The number of nitrogens with one attached hydrogen (secondary N) is 1. The Bertz CT molecular complexity index is 984. The summed E-state index contributed by atoms with van der Waals surface area (Å²) in [4.78, 5) is 16.6. The molecular formula is C17H16Cl2N6O2S. The maximum atomic E-state index is 12.5. The Morgan fingerprint density at radius 1 is 1.36 bits per heavy atom. The second-order valence-corrected chi connectivity index (χ2v) is 7.66. The second-order valence-electron chi connectivity index (χ2n) is 5.51. The third kappa shape index (κ3) is 4.73. The van der Waals surface area contributed by atoms with Gasteiger partial charge in [-0.2, -0.15) is 4.68 Å². The molecule has 146 valence electrons. The van der Waals surface area contributed by atoms with Crippen molar-refractivity contribution < 1.29 is 9.53 Å². The number of aromatic nitrogens is 5. The number of carbonyl (C=O) groups is 1. The number of pyridine rings is 1. The number of thioether (sulfide) groups is 1. The van der Waals surface area contributed by atoms with E-state index >= 15 is 0 Å². The Kier molecular flexibility index (Phi) is 6.71. The zero-order valence-corrected chi connectivity index (χ0v) is 17.3. The van der Waals surface area contributed by atoms with Gasteiger partial charge in [-0.25, -0.2) is 4.98 Å². The fourth-order valence-electron chi connectivity index (χ4n) is 2.25. The van der Waals surface area contributed by atoms with Gasteiger partial charge in [0.25, 0.3) is 0 Å². The van der Waals surface area contributed by atoms with Gasteiger partial charge in [0.2, 0.25) is 11.1 Å². The highest BCUT2D eigenvalue weighted by molar-refractivity contribution is 8.00. The summed E-state index contributed by atoms with van der Waals surface area (Å²) in [6.07, 6.45) is 1.41. The Morgan fingerprint density at radius 3 is 2.89 bits per heavy atom. The van der Waals surface area contributed by atoms with Crippen molar-refractivity contribution in [3.8, 4) is 11.4 Å². The van der Waals surface area contributed by atoms with E-state index in [9.17, 15) is 4.79 Å². The second kappa shape index (κ2) is 9.22. The van der Waals surface area contributed by atoms with Gasteiger partial charge in [-0.1, -0.05) is 47.1 Å². The summed E-state index contributed by atoms with van der Waals surface area (Å²) in [7, 11) is 0. The lowest BCUT2D eigenvalue weighted by Crippen LogP contribution is -2.23. The monoisotopic (exact) mass is 438 g/mol. The molecule has 2 heterocycles. The lowest BCUT2D eigenvalue weighted by molar-refractivity contribution is -0.115. The van der Waals surface area contributed by atoms with Gasteiger partial charge >= 0.3 is 0 Å². The van der Waals surface area contributed by atoms with E-state index in [4.69, 9.17) is 27.9 Å². The van der Waals surface area contributed by atoms with Crippen LogP contribution in [0.15, 0.2) is 41.7 Å². The van der Waals surface area contributed by atoms with Crippen molar-refractivity contribution in [1.82, 2.24) is 25.2 Å². The van der Waals surface area contributed by atoms with Crippen LogP contribution in [0.2, 0.25) is 10.0 Å². The highest BCUT2D eigenvalue weighted by Gasteiger charge is 2.21. The first kappa shape index (κ1) is 20.4. The number of halogens is 2. The molecule has 0 fully saturated rings. The van der Waals surface area contributed by atoms with Gasteiger partial charge in [-0.3, -0.25) is 4.79 Å². The first-order valence-electron chi connectivity index (χ1n) is 8.28. The van der Waals surface area contributed by atoms with Crippen LogP contribution in [0.3, 0.4) is 0 Å². The van der Waals surface area contributed by atoms with Gasteiger partial charge in [0, 0.05) is 6.20 Å². The Morgan fingerprint density at radius 2 is 2.14 bits per heavy atom. The smallest absolute Gasteiger partial charge is 0.238 e. The van der Waals surface area contributed by atoms with Crippen LogP contribution in [0.4, 0.5) is 5.82 Å². The van der Waals surface area contributed by atoms with Crippen molar-refractivity contribution in [3.63, 3.8) is 0 Å². The molecule has 1 amide bonds. The summed E-state index contributed by atoms with van der Waals surface area (Å²) in [5.41, 5.74) is 0.687. The fraction of sp³-hybridized carbons (Fsp3) is 0.235. The normalized spacial score (nSPS) is 11.9. The quantitative estimate of drug-likeness (QED) is 0.559. The SMILES string of the molecule is CCOc1ccccc1-n1nnnc1S[C@H](C)C(=O)Nc1ncc(Cl)cc1Cl. The molecule has 11 heteroatoms. The van der Waals surface area contributed by atoms with E-state index in [2.05, 4.69) is 25.8 Å². The number of anilines is 1. The van der Waals surface area contributed by atoms with Crippen LogP contribution in [-0.4, -0.2) is 43.0 Å². The summed E-state index contributed by atoms with van der Waals surface area (Å²) in [5, 5.41) is 15.0. The standard InChI is InChI=1S/C17H16Cl2N6O2S/c1-3-27-14-7-5-4-6-13(14)25-17(22-23-24-25)28-10(2)16(26)21-15-12(19)8-11(18)9-20-15/h4-10H,3H2,1-2H3,(H,20,21,26)/t10-/m1/s1. The summed E-state index contributed by atoms with van der Waals surface area (Å²) in [5.74, 6) is 0.590. The molecule has 0 aliphatic carbocycles. The molecule has 0 saturated heterocycles. The number of hydrogen-bond donors (Lipinski definition) is 1. The highest BCUT2D eigenvalue weighted by Crippen LogP contribution is 2.29. The van der Waals surface area contributed by atoms with Gasteiger partial charge in [0.05, 0.1) is 21.9 Å². The summed E-state index contributed by atoms with van der Waals surface area (Å²) < 4.78 is 7.17. The first-order chi connectivity index (χ1) is 13.5. The molecular weight excluding hydrogens is 423 g/mol. The maximum absolute atomic E-state index is 12.5. The lowest BCUT2D eigenvalue weighted by atomic mass is 10.3. The molecule has 1 N–H and O–H groups in total. The number of para-hydroxylation sites is 2. The number of carbonyl (C=O) groups excluding carboxylic acids is 1. The van der Waals surface area contributed by atoms with E-state index in [1.807, 2.05) is 31.2 Å². The van der Waals surface area contributed by atoms with E-state index in [1.165, 1.54) is 28.7 Å². The molecule has 0 spiro atoms. The summed E-state index contributed by atoms with van der Waals surface area (Å²) >= 11 is 13.1. The van der Waals surface area contributed by atoms with Crippen molar-refractivity contribution in [2.24, 2.45) is 0 Å². The minimum absolute atomic E-state index is 0.241. The Balaban J connectivity index is 1.76. The predicted octanol–water partition coefficient (Wildman–Crippen LogP) is 3.88. The molecule has 1 aromatic carbocycles. The van der Waals surface area contributed by atoms with E-state index < -0.39 is 5.25 Å². The van der Waals surface area contributed by atoms with Crippen molar-refractivity contribution in [3.05, 3.63) is 46.6 Å². The topological polar surface area (TPSA) is 94.8 Å². The van der Waals surface area contributed by atoms with E-state index in [0.29, 0.717) is 28.2 Å². The van der Waals surface area contributed by atoms with Crippen LogP contribution >= 0.6 is 35.0 Å². The average molecular weight is 439 g/mol. The third-order valence-corrected chi connectivity index (χ3v) is 5.06. The van der Waals surface area contributed by atoms with Crippen molar-refractivity contribution in [2.75, 3.05) is 11.9 Å². The molecule has 28 heavy (non-hydrogen) atoms. The molecule has 3 aromatic rings. The molecule has 0 radical (unpaired) electrons. The molecule has 0 aliphatic rings. The summed E-state index contributed by atoms with van der Waals surface area (Å²) in [6, 6.07) is 8.91. The highest BCUT2D eigenvalue weighted by atomic mass is 35.5. The Labute approximate surface area is 175 Å². The minimum atomic E-state index is -0.516. The van der Waals surface area contributed by atoms with Gasteiger partial charge in [-0.15, -0.1) is 5.10 Å². The van der Waals surface area contributed by atoms with Crippen molar-refractivity contribution in [1.29, 1.82) is 0 Å². The van der Waals surface area contributed by atoms with Gasteiger partial charge in [0.1, 0.15) is 11.4 Å². The molecule has 8 nitrogen and oxygen atoms in total. The van der Waals surface area contributed by atoms with Gasteiger partial charge in [0.15, 0.2) is 5.82 Å². The molecule has 0 aliphatic heterocycles. The number of rotatable bonds is 7. The molecule has 0 unspecified atom stereocenters. The zero-order chi connectivity index (χ0) is 20.1. The van der Waals surface area contributed by atoms with Crippen LogP contribution in [0.25, 0.3) is 5.69 Å². The van der Waals surface area contributed by atoms with Crippen LogP contribution in [0.1, 0.15) is 13.8 Å². The zero-order valence-electron chi connectivity index (χ0n) is 15.0. The molecule has 0 bridgehead atoms. The van der Waals surface area contributed by atoms with Crippen molar-refractivity contribution >= 4 is 46.7 Å². The van der Waals surface area contributed by atoms with Gasteiger partial charge in [-0.05, 0) is 42.5 Å². The van der Waals surface area contributed by atoms with Gasteiger partial charge < -0.3 is 10.1 Å². The largest absolute Gasteiger partial charge is 0.492 e. The van der Waals surface area contributed by atoms with E-state index in [1.54, 1.807) is 6.92 Å². The number of nitrogens with zero attached hydrogens (tertiary/aromatic N) is 5. The number of ether oxygens (including phenoxy) is 1. The summed E-state index contributed by atoms with van der Waals surface area (Å²) in [6.45, 7) is 4.14. The van der Waals surface area contributed by atoms with Crippen LogP contribution in [0, 0.1) is 0 Å². The third-order valence-electron chi connectivity index (χ3n) is 3.54. The molecule has 2 aromatic heterocycles. The average Bonchev–Trinajstić information content (AvgIpc) is 3.12. The van der Waals surface area contributed by atoms with Crippen LogP contribution < -0.4 is 10.1 Å². The van der Waals surface area contributed by atoms with Crippen molar-refractivity contribution in [2.45, 2.75) is 24.3 Å². The number of hydrogen-bond acceptors (Lipinski definition) is 7. The van der Waals surface area contributed by atoms with E-state index in [0.717, 1.165) is 0 Å². The predicted molar refractivity (Wildman–Crippen MR) is 109 cm³/mol. The lowest BCUT2D eigenvalue weighted by Gasteiger charge is -2.13. The fourth-order valence-corrected chi connectivity index (χ4v) is 3.48. The number of tetrazole rings is 1. The van der Waals surface area contributed by atoms with Crippen LogP contribution in [0.5, 0.6) is 5.75 Å². The molecule has 3 rings (SSSR count). The van der Waals surface area contributed by atoms with E-state index in [-0.39, 0.29) is 16.7 Å². The molecule has 0 saturated carbocycles. The molecule has 1 atom stereocenters. The number of benzene rings is 1. The Hall–Kier alpha value is -2.36. The first-order valence-corrected chi connectivity index (χ1v) is 9.92. The minimum Gasteiger partial charge on any atom is -0.492 e.